The first kappa shape index (κ1) is 15.7. The van der Waals surface area contributed by atoms with Crippen molar-refractivity contribution in [2.75, 3.05) is 38.2 Å². The van der Waals surface area contributed by atoms with E-state index in [1.54, 1.807) is 0 Å². The molecule has 1 spiro atoms. The van der Waals surface area contributed by atoms with Crippen LogP contribution >= 0.6 is 0 Å². The Labute approximate surface area is 143 Å². The molecule has 1 saturated heterocycles. The minimum atomic E-state index is -0.126. The molecule has 0 aliphatic carbocycles. The van der Waals surface area contributed by atoms with Crippen molar-refractivity contribution in [2.45, 2.75) is 25.0 Å². The Balaban J connectivity index is 1.53. The fourth-order valence-electron chi connectivity index (χ4n) is 4.00. The summed E-state index contributed by atoms with van der Waals surface area (Å²) in [5.74, 6) is 1.13. The Morgan fingerprint density at radius 3 is 2.67 bits per heavy atom. The average Bonchev–Trinajstić information content (AvgIpc) is 2.95. The lowest BCUT2D eigenvalue weighted by Gasteiger charge is -2.41. The van der Waals surface area contributed by atoms with Gasteiger partial charge in [-0.05, 0) is 18.9 Å². The maximum Gasteiger partial charge on any atom is 0.122 e. The number of hydrogen-bond donors (Lipinski definition) is 0. The van der Waals surface area contributed by atoms with E-state index in [0.717, 1.165) is 51.5 Å². The molecule has 5 nitrogen and oxygen atoms in total. The number of likely N-dealkylation sites (N-methyl/N-ethyl adjacent to an activating group) is 1. The number of fused-ring (bicyclic) bond motifs is 2. The van der Waals surface area contributed by atoms with Crippen molar-refractivity contribution in [3.05, 3.63) is 48.0 Å². The lowest BCUT2D eigenvalue weighted by Crippen LogP contribution is -2.44. The Morgan fingerprint density at radius 2 is 1.92 bits per heavy atom. The molecule has 3 heterocycles. The molecule has 2 aliphatic rings. The van der Waals surface area contributed by atoms with E-state index in [4.69, 9.17) is 4.74 Å². The number of imidazole rings is 1. The van der Waals surface area contributed by atoms with Gasteiger partial charge in [0.05, 0.1) is 18.8 Å². The van der Waals surface area contributed by atoms with E-state index in [1.807, 2.05) is 12.4 Å². The highest BCUT2D eigenvalue weighted by Gasteiger charge is 2.40. The van der Waals surface area contributed by atoms with E-state index in [0.29, 0.717) is 0 Å². The second kappa shape index (κ2) is 6.22. The third-order valence-corrected chi connectivity index (χ3v) is 5.56. The van der Waals surface area contributed by atoms with Gasteiger partial charge in [-0.1, -0.05) is 18.2 Å². The van der Waals surface area contributed by atoms with E-state index in [2.05, 4.69) is 57.7 Å². The lowest BCUT2D eigenvalue weighted by atomic mass is 9.83. The first-order valence-electron chi connectivity index (χ1n) is 8.81. The number of anilines is 1. The van der Waals surface area contributed by atoms with Crippen LogP contribution in [0.4, 0.5) is 5.69 Å². The number of rotatable bonds is 2. The van der Waals surface area contributed by atoms with Crippen molar-refractivity contribution in [1.82, 2.24) is 14.5 Å². The number of likely N-dealkylation sites (tertiary alicyclic amines) is 1. The van der Waals surface area contributed by atoms with Gasteiger partial charge in [-0.15, -0.1) is 0 Å². The molecular formula is C19H26N4O. The Kier molecular flexibility index (Phi) is 4.06. The van der Waals surface area contributed by atoms with Crippen molar-refractivity contribution in [3.8, 4) is 0 Å². The number of ether oxygens (including phenoxy) is 1. The van der Waals surface area contributed by atoms with Gasteiger partial charge in [-0.2, -0.15) is 0 Å². The highest BCUT2D eigenvalue weighted by molar-refractivity contribution is 5.56. The molecule has 128 valence electrons. The van der Waals surface area contributed by atoms with Gasteiger partial charge in [0.25, 0.3) is 0 Å². The summed E-state index contributed by atoms with van der Waals surface area (Å²) in [5.41, 5.74) is 2.56. The van der Waals surface area contributed by atoms with E-state index in [1.165, 1.54) is 11.3 Å². The zero-order valence-corrected chi connectivity index (χ0v) is 14.6. The van der Waals surface area contributed by atoms with Gasteiger partial charge in [0.2, 0.25) is 0 Å². The number of nitrogens with zero attached hydrogens (tertiary/aromatic N) is 4. The summed E-state index contributed by atoms with van der Waals surface area (Å²) in [6.07, 6.45) is 5.98. The van der Waals surface area contributed by atoms with Crippen LogP contribution in [-0.4, -0.2) is 47.7 Å². The summed E-state index contributed by atoms with van der Waals surface area (Å²) in [7, 11) is 4.23. The van der Waals surface area contributed by atoms with Gasteiger partial charge in [-0.25, -0.2) is 4.98 Å². The van der Waals surface area contributed by atoms with Gasteiger partial charge >= 0.3 is 0 Å². The maximum atomic E-state index is 6.45. The molecule has 0 N–H and O–H groups in total. The molecule has 2 aliphatic heterocycles. The first-order chi connectivity index (χ1) is 11.7. The van der Waals surface area contributed by atoms with Gasteiger partial charge in [0.15, 0.2) is 0 Å². The molecule has 0 radical (unpaired) electrons. The maximum absolute atomic E-state index is 6.45. The molecule has 0 bridgehead atoms. The molecule has 2 aromatic rings. The van der Waals surface area contributed by atoms with Crippen LogP contribution in [0.1, 0.15) is 24.2 Å². The summed E-state index contributed by atoms with van der Waals surface area (Å²) in [6.45, 7) is 4.76. The highest BCUT2D eigenvalue weighted by atomic mass is 16.5. The monoisotopic (exact) mass is 326 g/mol. The predicted molar refractivity (Wildman–Crippen MR) is 95.1 cm³/mol. The normalized spacial score (nSPS) is 20.8. The zero-order valence-electron chi connectivity index (χ0n) is 14.6. The first-order valence-corrected chi connectivity index (χ1v) is 8.81. The van der Waals surface area contributed by atoms with Crippen LogP contribution in [0.15, 0.2) is 36.7 Å². The third-order valence-electron chi connectivity index (χ3n) is 5.56. The molecule has 4 rings (SSSR count). The average molecular weight is 326 g/mol. The van der Waals surface area contributed by atoms with Crippen LogP contribution in [0.5, 0.6) is 0 Å². The van der Waals surface area contributed by atoms with Crippen LogP contribution in [0, 0.1) is 0 Å². The third kappa shape index (κ3) is 2.72. The molecule has 1 aromatic carbocycles. The standard InChI is InChI=1S/C19H26N4O/c1-21-13-14-24-19(16-5-3-4-6-17(16)21)7-10-23(11-8-19)15-18-20-9-12-22(18)2/h3-6,9,12H,7-8,10-11,13-15H2,1-2H3. The zero-order chi connectivity index (χ0) is 16.6. The second-order valence-electron chi connectivity index (χ2n) is 7.01. The van der Waals surface area contributed by atoms with Crippen LogP contribution < -0.4 is 4.90 Å². The number of aryl methyl sites for hydroxylation is 1. The predicted octanol–water partition coefficient (Wildman–Crippen LogP) is 2.38. The molecule has 0 saturated carbocycles. The van der Waals surface area contributed by atoms with E-state index >= 15 is 0 Å². The van der Waals surface area contributed by atoms with E-state index < -0.39 is 0 Å². The van der Waals surface area contributed by atoms with Gasteiger partial charge in [0, 0.05) is 57.4 Å². The molecule has 0 amide bonds. The molecule has 0 unspecified atom stereocenters. The smallest absolute Gasteiger partial charge is 0.122 e. The van der Waals surface area contributed by atoms with Crippen molar-refractivity contribution in [2.24, 2.45) is 7.05 Å². The second-order valence-corrected chi connectivity index (χ2v) is 7.01. The lowest BCUT2D eigenvalue weighted by molar-refractivity contribution is -0.0851. The van der Waals surface area contributed by atoms with Gasteiger partial charge < -0.3 is 14.2 Å². The fourth-order valence-corrected chi connectivity index (χ4v) is 4.00. The minimum absolute atomic E-state index is 0.126. The number of piperidine rings is 1. The topological polar surface area (TPSA) is 33.5 Å². The van der Waals surface area contributed by atoms with Gasteiger partial charge in [0.1, 0.15) is 5.82 Å². The van der Waals surface area contributed by atoms with Crippen molar-refractivity contribution in [1.29, 1.82) is 0 Å². The molecule has 1 fully saturated rings. The summed E-state index contributed by atoms with van der Waals surface area (Å²) < 4.78 is 8.55. The number of aromatic nitrogens is 2. The van der Waals surface area contributed by atoms with E-state index in [9.17, 15) is 0 Å². The molecule has 0 atom stereocenters. The Hall–Kier alpha value is -1.85. The summed E-state index contributed by atoms with van der Waals surface area (Å²) in [4.78, 5) is 9.28. The van der Waals surface area contributed by atoms with Crippen LogP contribution in [0.25, 0.3) is 0 Å². The van der Waals surface area contributed by atoms with Crippen LogP contribution in [-0.2, 0) is 23.9 Å². The summed E-state index contributed by atoms with van der Waals surface area (Å²) >= 11 is 0. The Bertz CT molecular complexity index is 703. The Morgan fingerprint density at radius 1 is 1.12 bits per heavy atom. The number of para-hydroxylation sites is 1. The summed E-state index contributed by atoms with van der Waals surface area (Å²) in [6, 6.07) is 8.76. The highest BCUT2D eigenvalue weighted by Crippen LogP contribution is 2.42. The fraction of sp³-hybridized carbons (Fsp3) is 0.526. The van der Waals surface area contributed by atoms with E-state index in [-0.39, 0.29) is 5.60 Å². The van der Waals surface area contributed by atoms with Gasteiger partial charge in [-0.3, -0.25) is 4.90 Å². The molecule has 24 heavy (non-hydrogen) atoms. The molecule has 1 aromatic heterocycles. The van der Waals surface area contributed by atoms with Crippen molar-refractivity contribution in [3.63, 3.8) is 0 Å². The van der Waals surface area contributed by atoms with Crippen LogP contribution in [0.2, 0.25) is 0 Å². The van der Waals surface area contributed by atoms with Crippen LogP contribution in [0.3, 0.4) is 0 Å². The largest absolute Gasteiger partial charge is 0.372 e. The number of benzene rings is 1. The number of hydrogen-bond acceptors (Lipinski definition) is 4. The SMILES string of the molecule is CN1CCOC2(CCN(Cc3nccn3C)CC2)c2ccccc21. The molecule has 5 heteroatoms. The minimum Gasteiger partial charge on any atom is -0.372 e. The van der Waals surface area contributed by atoms with Crippen molar-refractivity contribution >= 4 is 5.69 Å². The van der Waals surface area contributed by atoms with Crippen molar-refractivity contribution < 1.29 is 4.74 Å². The molecular weight excluding hydrogens is 300 g/mol. The summed E-state index contributed by atoms with van der Waals surface area (Å²) in [5, 5.41) is 0. The quantitative estimate of drug-likeness (QED) is 0.848.